The first-order valence-electron chi connectivity index (χ1n) is 5.79. The number of rotatable bonds is 5. The minimum Gasteiger partial charge on any atom is -0.507 e. The van der Waals surface area contributed by atoms with Crippen molar-refractivity contribution < 1.29 is 15.0 Å². The fourth-order valence-corrected chi connectivity index (χ4v) is 1.41. The Hall–Kier alpha value is -1.55. The van der Waals surface area contributed by atoms with Gasteiger partial charge in [0.25, 0.3) is 5.91 Å². The summed E-state index contributed by atoms with van der Waals surface area (Å²) < 4.78 is 0. The van der Waals surface area contributed by atoms with Gasteiger partial charge >= 0.3 is 0 Å². The zero-order chi connectivity index (χ0) is 12.8. The number of aryl methyl sites for hydroxylation is 1. The van der Waals surface area contributed by atoms with Crippen LogP contribution in [0, 0.1) is 5.92 Å². The highest BCUT2D eigenvalue weighted by molar-refractivity contribution is 5.96. The van der Waals surface area contributed by atoms with E-state index in [9.17, 15) is 9.90 Å². The number of carbonyl (C=O) groups excluding carboxylic acids is 1. The summed E-state index contributed by atoms with van der Waals surface area (Å²) in [4.78, 5) is 11.8. The number of hydrogen-bond acceptors (Lipinski definition) is 3. The number of aromatic hydroxyl groups is 1. The molecule has 17 heavy (non-hydrogen) atoms. The Kier molecular flexibility index (Phi) is 4.97. The summed E-state index contributed by atoms with van der Waals surface area (Å²) in [6.45, 7) is 4.25. The summed E-state index contributed by atoms with van der Waals surface area (Å²) in [7, 11) is 0. The Morgan fingerprint density at radius 2 is 2.18 bits per heavy atom. The van der Waals surface area contributed by atoms with Crippen molar-refractivity contribution >= 4 is 5.91 Å². The smallest absolute Gasteiger partial charge is 0.255 e. The molecule has 3 N–H and O–H groups in total. The molecular formula is C13H19NO3. The lowest BCUT2D eigenvalue weighted by atomic mass is 10.1. The van der Waals surface area contributed by atoms with Crippen molar-refractivity contribution in [1.29, 1.82) is 0 Å². The van der Waals surface area contributed by atoms with E-state index in [1.165, 1.54) is 6.07 Å². The predicted molar refractivity (Wildman–Crippen MR) is 66.1 cm³/mol. The normalized spacial score (nSPS) is 12.2. The van der Waals surface area contributed by atoms with E-state index in [1.807, 2.05) is 13.8 Å². The molecule has 1 amide bonds. The van der Waals surface area contributed by atoms with Crippen molar-refractivity contribution in [3.63, 3.8) is 0 Å². The summed E-state index contributed by atoms with van der Waals surface area (Å²) in [6.07, 6.45) is 0.813. The number of amides is 1. The molecule has 0 saturated carbocycles. The Morgan fingerprint density at radius 3 is 2.76 bits per heavy atom. The van der Waals surface area contributed by atoms with Crippen molar-refractivity contribution in [2.24, 2.45) is 5.92 Å². The number of benzene rings is 1. The monoisotopic (exact) mass is 237 g/mol. The van der Waals surface area contributed by atoms with E-state index in [1.54, 1.807) is 12.1 Å². The van der Waals surface area contributed by atoms with Crippen LogP contribution in [-0.2, 0) is 6.42 Å². The van der Waals surface area contributed by atoms with E-state index >= 15 is 0 Å². The molecule has 0 aliphatic rings. The first kappa shape index (κ1) is 13.5. The highest BCUT2D eigenvalue weighted by Crippen LogP contribution is 2.18. The third-order valence-corrected chi connectivity index (χ3v) is 2.64. The fourth-order valence-electron chi connectivity index (χ4n) is 1.41. The van der Waals surface area contributed by atoms with Crippen molar-refractivity contribution in [2.45, 2.75) is 20.3 Å². The van der Waals surface area contributed by atoms with Gasteiger partial charge in [0.15, 0.2) is 0 Å². The molecule has 0 spiro atoms. The number of aliphatic hydroxyl groups excluding tert-OH is 1. The van der Waals surface area contributed by atoms with Crippen molar-refractivity contribution in [1.82, 2.24) is 5.32 Å². The number of aliphatic hydroxyl groups is 1. The van der Waals surface area contributed by atoms with Gasteiger partial charge in [0.1, 0.15) is 5.75 Å². The molecular weight excluding hydrogens is 218 g/mol. The molecule has 0 saturated heterocycles. The Morgan fingerprint density at radius 1 is 1.47 bits per heavy atom. The van der Waals surface area contributed by atoms with Gasteiger partial charge in [-0.15, -0.1) is 0 Å². The van der Waals surface area contributed by atoms with Gasteiger partial charge in [0, 0.05) is 13.2 Å². The second-order valence-corrected chi connectivity index (χ2v) is 4.20. The van der Waals surface area contributed by atoms with Gasteiger partial charge in [-0.3, -0.25) is 4.79 Å². The van der Waals surface area contributed by atoms with Crippen molar-refractivity contribution in [2.75, 3.05) is 13.2 Å². The second kappa shape index (κ2) is 6.25. The van der Waals surface area contributed by atoms with E-state index < -0.39 is 0 Å². The van der Waals surface area contributed by atoms with Gasteiger partial charge in [-0.25, -0.2) is 0 Å². The maximum absolute atomic E-state index is 11.8. The molecule has 1 rings (SSSR count). The molecule has 0 radical (unpaired) electrons. The molecule has 0 heterocycles. The average molecular weight is 237 g/mol. The van der Waals surface area contributed by atoms with Crippen LogP contribution in [0.2, 0.25) is 0 Å². The number of phenolic OH excluding ortho intramolecular Hbond substituents is 1. The van der Waals surface area contributed by atoms with Crippen LogP contribution in [0.3, 0.4) is 0 Å². The van der Waals surface area contributed by atoms with Crippen LogP contribution in [0.1, 0.15) is 29.8 Å². The number of nitrogens with one attached hydrogen (secondary N) is 1. The van der Waals surface area contributed by atoms with Gasteiger partial charge in [0.2, 0.25) is 0 Å². The second-order valence-electron chi connectivity index (χ2n) is 4.20. The predicted octanol–water partition coefficient (Wildman–Crippen LogP) is 1.31. The molecule has 4 heteroatoms. The molecule has 1 unspecified atom stereocenters. The van der Waals surface area contributed by atoms with Crippen LogP contribution >= 0.6 is 0 Å². The summed E-state index contributed by atoms with van der Waals surface area (Å²) in [5, 5.41) is 21.2. The van der Waals surface area contributed by atoms with E-state index in [4.69, 9.17) is 5.11 Å². The summed E-state index contributed by atoms with van der Waals surface area (Å²) in [6, 6.07) is 5.01. The summed E-state index contributed by atoms with van der Waals surface area (Å²) in [5.41, 5.74) is 1.29. The molecule has 94 valence electrons. The maximum Gasteiger partial charge on any atom is 0.255 e. The lowest BCUT2D eigenvalue weighted by Crippen LogP contribution is -2.29. The fraction of sp³-hybridized carbons (Fsp3) is 0.462. The average Bonchev–Trinajstić information content (AvgIpc) is 2.36. The maximum atomic E-state index is 11.8. The van der Waals surface area contributed by atoms with Crippen LogP contribution in [0.25, 0.3) is 0 Å². The Labute approximate surface area is 101 Å². The number of phenols is 1. The molecule has 0 fully saturated rings. The van der Waals surface area contributed by atoms with Crippen molar-refractivity contribution in [3.05, 3.63) is 29.3 Å². The van der Waals surface area contributed by atoms with E-state index in [-0.39, 0.29) is 29.7 Å². The standard InChI is InChI=1S/C13H19NO3/c1-3-10-4-5-12(16)11(6-10)13(17)14-7-9(2)8-15/h4-6,9,15-16H,3,7-8H2,1-2H3,(H,14,17). The van der Waals surface area contributed by atoms with Gasteiger partial charge in [0.05, 0.1) is 5.56 Å². The van der Waals surface area contributed by atoms with E-state index in [0.29, 0.717) is 6.54 Å². The SMILES string of the molecule is CCc1ccc(O)c(C(=O)NCC(C)CO)c1. The van der Waals surface area contributed by atoms with E-state index in [0.717, 1.165) is 12.0 Å². The lowest BCUT2D eigenvalue weighted by Gasteiger charge is -2.11. The Bertz CT molecular complexity index is 390. The van der Waals surface area contributed by atoms with Gasteiger partial charge in [-0.2, -0.15) is 0 Å². The van der Waals surface area contributed by atoms with Crippen LogP contribution in [0.5, 0.6) is 5.75 Å². The number of carbonyl (C=O) groups is 1. The minimum absolute atomic E-state index is 0.00968. The molecule has 1 atom stereocenters. The van der Waals surface area contributed by atoms with Crippen LogP contribution in [-0.4, -0.2) is 29.3 Å². The highest BCUT2D eigenvalue weighted by Gasteiger charge is 2.12. The quantitative estimate of drug-likeness (QED) is 0.723. The largest absolute Gasteiger partial charge is 0.507 e. The van der Waals surface area contributed by atoms with Gasteiger partial charge in [-0.1, -0.05) is 19.9 Å². The molecule has 0 aliphatic heterocycles. The highest BCUT2D eigenvalue weighted by atomic mass is 16.3. The minimum atomic E-state index is -0.307. The summed E-state index contributed by atoms with van der Waals surface area (Å²) >= 11 is 0. The lowest BCUT2D eigenvalue weighted by molar-refractivity contribution is 0.0939. The zero-order valence-electron chi connectivity index (χ0n) is 10.2. The first-order valence-corrected chi connectivity index (χ1v) is 5.79. The summed E-state index contributed by atoms with van der Waals surface area (Å²) in [5.74, 6) is -0.315. The topological polar surface area (TPSA) is 69.6 Å². The molecule has 0 aromatic heterocycles. The van der Waals surface area contributed by atoms with Crippen LogP contribution in [0.4, 0.5) is 0 Å². The zero-order valence-corrected chi connectivity index (χ0v) is 10.2. The van der Waals surface area contributed by atoms with Gasteiger partial charge < -0.3 is 15.5 Å². The first-order chi connectivity index (χ1) is 8.08. The third-order valence-electron chi connectivity index (χ3n) is 2.64. The number of hydrogen-bond donors (Lipinski definition) is 3. The van der Waals surface area contributed by atoms with Crippen LogP contribution in [0.15, 0.2) is 18.2 Å². The molecule has 0 aliphatic carbocycles. The van der Waals surface area contributed by atoms with Gasteiger partial charge in [-0.05, 0) is 30.0 Å². The van der Waals surface area contributed by atoms with Crippen molar-refractivity contribution in [3.8, 4) is 5.75 Å². The van der Waals surface area contributed by atoms with E-state index in [2.05, 4.69) is 5.32 Å². The third kappa shape index (κ3) is 3.75. The molecule has 4 nitrogen and oxygen atoms in total. The molecule has 1 aromatic carbocycles. The molecule has 1 aromatic rings. The Balaban J connectivity index is 2.74. The van der Waals surface area contributed by atoms with Crippen LogP contribution < -0.4 is 5.32 Å². The molecule has 0 bridgehead atoms.